The number of aromatic nitrogens is 2. The van der Waals surface area contributed by atoms with Crippen LogP contribution >= 0.6 is 11.3 Å². The number of fused-ring (bicyclic) bond motifs is 1. The number of H-pyrrole nitrogens is 1. The van der Waals surface area contributed by atoms with Crippen LogP contribution in [0.15, 0.2) is 35.1 Å². The van der Waals surface area contributed by atoms with Gasteiger partial charge in [-0.2, -0.15) is 13.2 Å². The number of nitrogens with zero attached hydrogens (tertiary/aromatic N) is 2. The van der Waals surface area contributed by atoms with Crippen molar-refractivity contribution in [3.05, 3.63) is 57.5 Å². The summed E-state index contributed by atoms with van der Waals surface area (Å²) in [5.41, 5.74) is -0.495. The van der Waals surface area contributed by atoms with Gasteiger partial charge in [-0.1, -0.05) is 41.7 Å². The maximum Gasteiger partial charge on any atom is 0.431 e. The molecule has 3 aromatic rings. The number of benzene rings is 1. The van der Waals surface area contributed by atoms with Gasteiger partial charge in [0.25, 0.3) is 5.56 Å². The first-order valence-corrected chi connectivity index (χ1v) is 11.6. The van der Waals surface area contributed by atoms with E-state index in [1.165, 1.54) is 0 Å². The van der Waals surface area contributed by atoms with Gasteiger partial charge in [0, 0.05) is 18.5 Å². The molecule has 1 saturated heterocycles. The molecule has 2 fully saturated rings. The van der Waals surface area contributed by atoms with E-state index in [4.69, 9.17) is 0 Å². The van der Waals surface area contributed by atoms with Gasteiger partial charge in [0.1, 0.15) is 11.2 Å². The fourth-order valence-corrected chi connectivity index (χ4v) is 5.79. The van der Waals surface area contributed by atoms with Crippen molar-refractivity contribution >= 4 is 32.5 Å². The van der Waals surface area contributed by atoms with Crippen LogP contribution < -0.4 is 10.5 Å². The second-order valence-electron chi connectivity index (χ2n) is 8.49. The van der Waals surface area contributed by atoms with Crippen LogP contribution in [-0.4, -0.2) is 28.3 Å². The molecular formula is C23H22F3N3O2S. The van der Waals surface area contributed by atoms with Crippen LogP contribution in [0.2, 0.25) is 0 Å². The summed E-state index contributed by atoms with van der Waals surface area (Å²) < 4.78 is 41.1. The number of alkyl halides is 3. The zero-order chi connectivity index (χ0) is 22.5. The third-order valence-corrected chi connectivity index (χ3v) is 7.35. The molecule has 0 amide bonds. The number of ketones is 1. The second kappa shape index (κ2) is 8.03. The number of Topliss-reactive ketones (excluding diaryl/α,β-unsaturated/α-hetero) is 1. The summed E-state index contributed by atoms with van der Waals surface area (Å²) in [4.78, 5) is 33.8. The van der Waals surface area contributed by atoms with Gasteiger partial charge in [-0.05, 0) is 43.6 Å². The number of carbonyl (C=O) groups is 1. The normalized spacial score (nSPS) is 19.1. The minimum Gasteiger partial charge on any atom is -0.338 e. The lowest BCUT2D eigenvalue weighted by Gasteiger charge is -2.22. The van der Waals surface area contributed by atoms with E-state index < -0.39 is 17.4 Å². The molecule has 0 spiro atoms. The van der Waals surface area contributed by atoms with Crippen LogP contribution in [0.5, 0.6) is 0 Å². The summed E-state index contributed by atoms with van der Waals surface area (Å²) in [6.07, 6.45) is -0.768. The Kier molecular flexibility index (Phi) is 5.31. The predicted molar refractivity (Wildman–Crippen MR) is 117 cm³/mol. The molecule has 0 unspecified atom stereocenters. The minimum atomic E-state index is -4.63. The van der Waals surface area contributed by atoms with Gasteiger partial charge in [-0.25, -0.2) is 4.98 Å². The molecule has 2 aromatic heterocycles. The SMILES string of the molecule is O=C(CCc1ccccc1)[C@H]1CCCN1c1nc2c(=O)[nH]c(C(F)(F)F)c(C3CC3)c2s1. The molecule has 0 radical (unpaired) electrons. The highest BCUT2D eigenvalue weighted by atomic mass is 32.1. The molecule has 5 rings (SSSR count). The van der Waals surface area contributed by atoms with Crippen LogP contribution in [0.25, 0.3) is 10.2 Å². The number of nitrogens with one attached hydrogen (secondary N) is 1. The van der Waals surface area contributed by atoms with Crippen molar-refractivity contribution in [2.75, 3.05) is 11.4 Å². The highest BCUT2D eigenvalue weighted by Crippen LogP contribution is 2.49. The Labute approximate surface area is 186 Å². The molecule has 32 heavy (non-hydrogen) atoms. The van der Waals surface area contributed by atoms with E-state index in [0.29, 0.717) is 48.5 Å². The maximum absolute atomic E-state index is 13.6. The first-order chi connectivity index (χ1) is 15.3. The third kappa shape index (κ3) is 3.94. The van der Waals surface area contributed by atoms with Crippen molar-refractivity contribution in [1.82, 2.24) is 9.97 Å². The summed E-state index contributed by atoms with van der Waals surface area (Å²) in [5.74, 6) is -0.112. The lowest BCUT2D eigenvalue weighted by molar-refractivity contribution is -0.141. The summed E-state index contributed by atoms with van der Waals surface area (Å²) >= 11 is 1.11. The zero-order valence-electron chi connectivity index (χ0n) is 17.2. The average molecular weight is 462 g/mol. The fourth-order valence-electron chi connectivity index (χ4n) is 4.52. The van der Waals surface area contributed by atoms with Crippen LogP contribution in [0.1, 0.15) is 54.8 Å². The Morgan fingerprint density at radius 3 is 2.62 bits per heavy atom. The molecule has 3 heterocycles. The lowest BCUT2D eigenvalue weighted by atomic mass is 10.0. The Bertz CT molecular complexity index is 1210. The summed E-state index contributed by atoms with van der Waals surface area (Å²) in [5, 5.41) is 0.460. The molecule has 1 aromatic carbocycles. The maximum atomic E-state index is 13.6. The number of thiazole rings is 1. The van der Waals surface area contributed by atoms with Crippen LogP contribution in [0.4, 0.5) is 18.3 Å². The predicted octanol–water partition coefficient (Wildman–Crippen LogP) is 5.05. The highest BCUT2D eigenvalue weighted by molar-refractivity contribution is 7.22. The van der Waals surface area contributed by atoms with Crippen LogP contribution in [0, 0.1) is 0 Å². The van der Waals surface area contributed by atoms with E-state index in [1.54, 1.807) is 0 Å². The topological polar surface area (TPSA) is 66.1 Å². The number of hydrogen-bond donors (Lipinski definition) is 1. The van der Waals surface area contributed by atoms with Gasteiger partial charge in [0.2, 0.25) is 0 Å². The Hall–Kier alpha value is -2.68. The van der Waals surface area contributed by atoms with Gasteiger partial charge in [-0.15, -0.1) is 0 Å². The van der Waals surface area contributed by atoms with Crippen molar-refractivity contribution < 1.29 is 18.0 Å². The summed E-state index contributed by atoms with van der Waals surface area (Å²) in [6.45, 7) is 0.602. The lowest BCUT2D eigenvalue weighted by Crippen LogP contribution is -2.36. The van der Waals surface area contributed by atoms with Crippen molar-refractivity contribution in [2.24, 2.45) is 0 Å². The Morgan fingerprint density at radius 1 is 1.19 bits per heavy atom. The molecule has 168 valence electrons. The second-order valence-corrected chi connectivity index (χ2v) is 9.47. The van der Waals surface area contributed by atoms with Gasteiger partial charge >= 0.3 is 6.18 Å². The van der Waals surface area contributed by atoms with E-state index >= 15 is 0 Å². The van der Waals surface area contributed by atoms with Crippen LogP contribution in [-0.2, 0) is 17.4 Å². The van der Waals surface area contributed by atoms with E-state index in [2.05, 4.69) is 4.98 Å². The molecule has 1 aliphatic carbocycles. The van der Waals surface area contributed by atoms with Gasteiger partial charge in [0.05, 0.1) is 10.7 Å². The number of rotatable bonds is 6. The first kappa shape index (κ1) is 21.2. The van der Waals surface area contributed by atoms with Gasteiger partial charge in [0.15, 0.2) is 10.9 Å². The molecule has 5 nitrogen and oxygen atoms in total. The fraction of sp³-hybridized carbons (Fsp3) is 0.435. The molecule has 0 bridgehead atoms. The molecule has 1 saturated carbocycles. The number of aromatic amines is 1. The van der Waals surface area contributed by atoms with E-state index in [1.807, 2.05) is 40.2 Å². The zero-order valence-corrected chi connectivity index (χ0v) is 18.1. The van der Waals surface area contributed by atoms with Crippen molar-refractivity contribution in [3.8, 4) is 0 Å². The standard InChI is InChI=1S/C23H22F3N3O2S/c24-23(25,26)20-17(14-9-10-14)19-18(21(31)28-20)27-22(32-19)29-12-4-7-15(29)16(30)11-8-13-5-2-1-3-6-13/h1-3,5-6,14-15H,4,7-12H2,(H,28,31)/t15-/m1/s1. The summed E-state index contributed by atoms with van der Waals surface area (Å²) in [6, 6.07) is 9.41. The number of carbonyl (C=O) groups excluding carboxylic acids is 1. The van der Waals surface area contributed by atoms with E-state index in [-0.39, 0.29) is 28.8 Å². The Morgan fingerprint density at radius 2 is 1.94 bits per heavy atom. The third-order valence-electron chi connectivity index (χ3n) is 6.23. The van der Waals surface area contributed by atoms with Crippen molar-refractivity contribution in [2.45, 2.75) is 56.7 Å². The quantitative estimate of drug-likeness (QED) is 0.558. The molecule has 1 atom stereocenters. The molecule has 1 N–H and O–H groups in total. The summed E-state index contributed by atoms with van der Waals surface area (Å²) in [7, 11) is 0. The number of anilines is 1. The van der Waals surface area contributed by atoms with Crippen LogP contribution in [0.3, 0.4) is 0 Å². The number of aryl methyl sites for hydroxylation is 1. The van der Waals surface area contributed by atoms with Crippen molar-refractivity contribution in [1.29, 1.82) is 0 Å². The Balaban J connectivity index is 1.46. The minimum absolute atomic E-state index is 0.0438. The monoisotopic (exact) mass is 461 g/mol. The molecule has 1 aliphatic heterocycles. The smallest absolute Gasteiger partial charge is 0.338 e. The highest BCUT2D eigenvalue weighted by Gasteiger charge is 2.42. The van der Waals surface area contributed by atoms with E-state index in [0.717, 1.165) is 23.3 Å². The van der Waals surface area contributed by atoms with Gasteiger partial charge in [-0.3, -0.25) is 9.59 Å². The first-order valence-electron chi connectivity index (χ1n) is 10.8. The molecular weight excluding hydrogens is 439 g/mol. The van der Waals surface area contributed by atoms with Gasteiger partial charge < -0.3 is 9.88 Å². The number of halogens is 3. The van der Waals surface area contributed by atoms with E-state index in [9.17, 15) is 22.8 Å². The number of hydrogen-bond acceptors (Lipinski definition) is 5. The molecule has 2 aliphatic rings. The molecule has 9 heteroatoms. The number of pyridine rings is 1. The van der Waals surface area contributed by atoms with Crippen molar-refractivity contribution in [3.63, 3.8) is 0 Å². The largest absolute Gasteiger partial charge is 0.431 e. The average Bonchev–Trinajstić information content (AvgIpc) is 3.30.